The third-order valence-electron chi connectivity index (χ3n) is 3.92. The summed E-state index contributed by atoms with van der Waals surface area (Å²) in [5, 5.41) is 3.30. The van der Waals surface area contributed by atoms with Gasteiger partial charge in [-0.2, -0.15) is 0 Å². The number of nitrogens with one attached hydrogen (secondary N) is 1. The molecule has 1 aliphatic rings. The topological polar surface area (TPSA) is 49.4 Å². The number of sulfone groups is 1. The van der Waals surface area contributed by atoms with E-state index in [-0.39, 0.29) is 5.75 Å². The van der Waals surface area contributed by atoms with E-state index in [0.29, 0.717) is 17.4 Å². The molecule has 20 heavy (non-hydrogen) atoms. The van der Waals surface area contributed by atoms with Crippen LogP contribution >= 0.6 is 0 Å². The molecule has 1 heterocycles. The van der Waals surface area contributed by atoms with Crippen LogP contribution in [-0.2, 0) is 9.84 Å². The molecule has 0 spiro atoms. The third-order valence-corrected chi connectivity index (χ3v) is 5.88. The summed E-state index contributed by atoms with van der Waals surface area (Å²) in [4.78, 5) is 2.70. The van der Waals surface area contributed by atoms with E-state index in [2.05, 4.69) is 10.2 Å². The molecular formula is C15H24N2O2S. The number of hydrogen-bond donors (Lipinski definition) is 1. The van der Waals surface area contributed by atoms with Crippen molar-refractivity contribution >= 4 is 15.5 Å². The minimum atomic E-state index is -3.17. The minimum Gasteiger partial charge on any atom is -0.370 e. The molecule has 5 heteroatoms. The van der Waals surface area contributed by atoms with E-state index >= 15 is 0 Å². The zero-order chi connectivity index (χ0) is 14.6. The van der Waals surface area contributed by atoms with Gasteiger partial charge in [0, 0.05) is 19.1 Å². The predicted octanol–water partition coefficient (Wildman–Crippen LogP) is 2.06. The Balaban J connectivity index is 2.25. The number of benzene rings is 1. The highest BCUT2D eigenvalue weighted by molar-refractivity contribution is 7.91. The summed E-state index contributed by atoms with van der Waals surface area (Å²) in [6, 6.07) is 7.95. The maximum absolute atomic E-state index is 12.4. The van der Waals surface area contributed by atoms with Crippen LogP contribution in [0.2, 0.25) is 0 Å². The first kappa shape index (κ1) is 15.3. The van der Waals surface area contributed by atoms with Gasteiger partial charge >= 0.3 is 0 Å². The average Bonchev–Trinajstić information content (AvgIpc) is 2.47. The lowest BCUT2D eigenvalue weighted by Crippen LogP contribution is -2.41. The summed E-state index contributed by atoms with van der Waals surface area (Å²) < 4.78 is 24.8. The van der Waals surface area contributed by atoms with Gasteiger partial charge in [-0.3, -0.25) is 0 Å². The first-order valence-corrected chi connectivity index (χ1v) is 8.97. The lowest BCUT2D eigenvalue weighted by Gasteiger charge is -2.34. The van der Waals surface area contributed by atoms with Gasteiger partial charge in [0.05, 0.1) is 16.3 Å². The van der Waals surface area contributed by atoms with Crippen LogP contribution in [0.5, 0.6) is 0 Å². The fourth-order valence-electron chi connectivity index (χ4n) is 2.77. The molecule has 0 bridgehead atoms. The van der Waals surface area contributed by atoms with Gasteiger partial charge in [0.25, 0.3) is 0 Å². The Labute approximate surface area is 122 Å². The Morgan fingerprint density at radius 2 is 1.90 bits per heavy atom. The van der Waals surface area contributed by atoms with Gasteiger partial charge in [-0.15, -0.1) is 0 Å². The quantitative estimate of drug-likeness (QED) is 0.903. The van der Waals surface area contributed by atoms with E-state index in [9.17, 15) is 8.42 Å². The monoisotopic (exact) mass is 296 g/mol. The SMILES string of the molecule is CCCS(=O)(=O)c1ccccc1N1CCC(NC)CC1. The second-order valence-corrected chi connectivity index (χ2v) is 7.41. The van der Waals surface area contributed by atoms with Crippen molar-refractivity contribution in [2.45, 2.75) is 37.1 Å². The van der Waals surface area contributed by atoms with Crippen molar-refractivity contribution in [1.82, 2.24) is 5.32 Å². The molecule has 2 rings (SSSR count). The largest absolute Gasteiger partial charge is 0.370 e. The molecule has 0 unspecified atom stereocenters. The lowest BCUT2D eigenvalue weighted by molar-refractivity contribution is 0.441. The normalized spacial score (nSPS) is 17.4. The van der Waals surface area contributed by atoms with Gasteiger partial charge in [-0.1, -0.05) is 19.1 Å². The van der Waals surface area contributed by atoms with Gasteiger partial charge in [0.1, 0.15) is 0 Å². The number of piperidine rings is 1. The molecule has 0 radical (unpaired) electrons. The van der Waals surface area contributed by atoms with Crippen LogP contribution < -0.4 is 10.2 Å². The molecule has 1 aromatic rings. The maximum Gasteiger partial charge on any atom is 0.180 e. The molecule has 0 aliphatic carbocycles. The molecule has 112 valence electrons. The maximum atomic E-state index is 12.4. The Morgan fingerprint density at radius 3 is 2.50 bits per heavy atom. The van der Waals surface area contributed by atoms with Crippen molar-refractivity contribution in [2.24, 2.45) is 0 Å². The molecule has 0 aromatic heterocycles. The number of rotatable bonds is 5. The van der Waals surface area contributed by atoms with E-state index < -0.39 is 9.84 Å². The number of para-hydroxylation sites is 1. The molecule has 1 N–H and O–H groups in total. The second-order valence-electron chi connectivity index (χ2n) is 5.34. The predicted molar refractivity (Wildman–Crippen MR) is 83.1 cm³/mol. The Morgan fingerprint density at radius 1 is 1.25 bits per heavy atom. The van der Waals surface area contributed by atoms with Crippen molar-refractivity contribution in [1.29, 1.82) is 0 Å². The molecule has 1 saturated heterocycles. The lowest BCUT2D eigenvalue weighted by atomic mass is 10.0. The summed E-state index contributed by atoms with van der Waals surface area (Å²) in [6.45, 7) is 3.72. The minimum absolute atomic E-state index is 0.219. The molecule has 1 fully saturated rings. The van der Waals surface area contributed by atoms with Crippen molar-refractivity contribution in [3.05, 3.63) is 24.3 Å². The van der Waals surface area contributed by atoms with Crippen molar-refractivity contribution < 1.29 is 8.42 Å². The van der Waals surface area contributed by atoms with Crippen molar-refractivity contribution in [3.8, 4) is 0 Å². The summed E-state index contributed by atoms with van der Waals surface area (Å²) in [6.07, 6.45) is 2.76. The van der Waals surface area contributed by atoms with Gasteiger partial charge in [-0.25, -0.2) is 8.42 Å². The highest BCUT2D eigenvalue weighted by Gasteiger charge is 2.24. The Kier molecular flexibility index (Phi) is 5.05. The Bertz CT molecular complexity index is 535. The van der Waals surface area contributed by atoms with E-state index in [1.807, 2.05) is 32.2 Å². The van der Waals surface area contributed by atoms with Crippen LogP contribution in [0.3, 0.4) is 0 Å². The fourth-order valence-corrected chi connectivity index (χ4v) is 4.33. The number of anilines is 1. The van der Waals surface area contributed by atoms with Crippen LogP contribution in [0.25, 0.3) is 0 Å². The molecule has 0 atom stereocenters. The fraction of sp³-hybridized carbons (Fsp3) is 0.600. The van der Waals surface area contributed by atoms with E-state index in [0.717, 1.165) is 31.6 Å². The first-order valence-electron chi connectivity index (χ1n) is 7.32. The summed E-state index contributed by atoms with van der Waals surface area (Å²) in [5.41, 5.74) is 0.871. The third kappa shape index (κ3) is 3.33. The first-order chi connectivity index (χ1) is 9.58. The van der Waals surface area contributed by atoms with E-state index in [1.54, 1.807) is 6.07 Å². The molecule has 0 saturated carbocycles. The number of nitrogens with zero attached hydrogens (tertiary/aromatic N) is 1. The molecular weight excluding hydrogens is 272 g/mol. The summed E-state index contributed by atoms with van der Waals surface area (Å²) in [5.74, 6) is 0.219. The van der Waals surface area contributed by atoms with E-state index in [4.69, 9.17) is 0 Å². The average molecular weight is 296 g/mol. The standard InChI is InChI=1S/C15H24N2O2S/c1-3-12-20(18,19)15-7-5-4-6-14(15)17-10-8-13(16-2)9-11-17/h4-7,13,16H,3,8-12H2,1-2H3. The van der Waals surface area contributed by atoms with Gasteiger partial charge in [0.15, 0.2) is 9.84 Å². The Hall–Kier alpha value is -1.07. The zero-order valence-electron chi connectivity index (χ0n) is 12.3. The molecule has 1 aromatic carbocycles. The van der Waals surface area contributed by atoms with Crippen LogP contribution in [-0.4, -0.2) is 40.3 Å². The van der Waals surface area contributed by atoms with Crippen LogP contribution in [0.1, 0.15) is 26.2 Å². The number of hydrogen-bond acceptors (Lipinski definition) is 4. The summed E-state index contributed by atoms with van der Waals surface area (Å²) in [7, 11) is -1.18. The van der Waals surface area contributed by atoms with Crippen molar-refractivity contribution in [3.63, 3.8) is 0 Å². The van der Waals surface area contributed by atoms with Crippen molar-refractivity contribution in [2.75, 3.05) is 30.8 Å². The van der Waals surface area contributed by atoms with Crippen LogP contribution in [0.4, 0.5) is 5.69 Å². The molecule has 4 nitrogen and oxygen atoms in total. The zero-order valence-corrected chi connectivity index (χ0v) is 13.1. The van der Waals surface area contributed by atoms with E-state index in [1.165, 1.54) is 0 Å². The smallest absolute Gasteiger partial charge is 0.180 e. The van der Waals surface area contributed by atoms with Gasteiger partial charge < -0.3 is 10.2 Å². The summed E-state index contributed by atoms with van der Waals surface area (Å²) >= 11 is 0. The molecule has 1 aliphatic heterocycles. The highest BCUT2D eigenvalue weighted by Crippen LogP contribution is 2.28. The van der Waals surface area contributed by atoms with Gasteiger partial charge in [-0.05, 0) is 38.4 Å². The second kappa shape index (κ2) is 6.59. The molecule has 0 amide bonds. The van der Waals surface area contributed by atoms with Crippen LogP contribution in [0, 0.1) is 0 Å². The highest BCUT2D eigenvalue weighted by atomic mass is 32.2. The van der Waals surface area contributed by atoms with Gasteiger partial charge in [0.2, 0.25) is 0 Å². The van der Waals surface area contributed by atoms with Crippen LogP contribution in [0.15, 0.2) is 29.2 Å².